The normalized spacial score (nSPS) is 15.8. The van der Waals surface area contributed by atoms with Crippen molar-refractivity contribution >= 4 is 23.7 Å². The summed E-state index contributed by atoms with van der Waals surface area (Å²) in [5.41, 5.74) is 6.62. The van der Waals surface area contributed by atoms with Crippen molar-refractivity contribution in [3.63, 3.8) is 0 Å². The van der Waals surface area contributed by atoms with E-state index in [1.54, 1.807) is 6.92 Å². The fraction of sp³-hybridized carbons (Fsp3) is 0.650. The number of nitrogens with zero attached hydrogens (tertiary/aromatic N) is 1. The summed E-state index contributed by atoms with van der Waals surface area (Å²) >= 11 is 0. The zero-order valence-electron chi connectivity index (χ0n) is 18.5. The van der Waals surface area contributed by atoms with Gasteiger partial charge in [0, 0.05) is 18.3 Å². The van der Waals surface area contributed by atoms with E-state index in [0.717, 1.165) is 0 Å². The number of carboxylic acid groups (broad SMARTS) is 1. The Bertz CT molecular complexity index is 738. The highest BCUT2D eigenvalue weighted by atomic mass is 16.4. The van der Waals surface area contributed by atoms with Crippen LogP contribution in [-0.4, -0.2) is 63.4 Å². The molecular weight excluding hydrogens is 404 g/mol. The molecule has 5 atom stereocenters. The van der Waals surface area contributed by atoms with Crippen molar-refractivity contribution in [3.05, 3.63) is 18.2 Å². The predicted molar refractivity (Wildman–Crippen MR) is 114 cm³/mol. The molecule has 11 nitrogen and oxygen atoms in total. The lowest BCUT2D eigenvalue weighted by molar-refractivity contribution is -0.139. The van der Waals surface area contributed by atoms with Crippen LogP contribution in [0.1, 0.15) is 46.2 Å². The van der Waals surface area contributed by atoms with Gasteiger partial charge in [-0.15, -0.1) is 0 Å². The van der Waals surface area contributed by atoms with Crippen LogP contribution in [0, 0.1) is 11.8 Å². The average Bonchev–Trinajstić information content (AvgIpc) is 3.26. The van der Waals surface area contributed by atoms with Crippen LogP contribution in [0.5, 0.6) is 0 Å². The molecule has 0 saturated carbocycles. The van der Waals surface area contributed by atoms with Crippen molar-refractivity contribution in [1.82, 2.24) is 25.9 Å². The van der Waals surface area contributed by atoms with Crippen LogP contribution in [0.25, 0.3) is 0 Å². The van der Waals surface area contributed by atoms with Crippen molar-refractivity contribution < 1.29 is 24.3 Å². The first-order valence-electron chi connectivity index (χ1n) is 10.4. The molecule has 0 aliphatic carbocycles. The standard InChI is InChI=1S/C20H34N6O5/c1-5-11(3)16(21)19(30)25-14(7-13-8-22-10-24-13)18(29)26-17(12(4)6-2)20(31)23-9-15(27)28/h8,10-12,14,16-17H,5-7,9,21H2,1-4H3,(H,22,24)(H,23,31)(H,25,30)(H,26,29)(H,27,28). The van der Waals surface area contributed by atoms with E-state index in [-0.39, 0.29) is 18.3 Å². The van der Waals surface area contributed by atoms with Crippen molar-refractivity contribution in [3.8, 4) is 0 Å². The number of H-pyrrole nitrogens is 1. The molecule has 174 valence electrons. The third kappa shape index (κ3) is 8.36. The van der Waals surface area contributed by atoms with Gasteiger partial charge in [0.2, 0.25) is 17.7 Å². The van der Waals surface area contributed by atoms with Crippen LogP contribution in [0.4, 0.5) is 0 Å². The first kappa shape index (κ1) is 26.1. The van der Waals surface area contributed by atoms with Crippen molar-refractivity contribution in [2.75, 3.05) is 6.54 Å². The first-order valence-corrected chi connectivity index (χ1v) is 10.4. The summed E-state index contributed by atoms with van der Waals surface area (Å²) in [5.74, 6) is -3.17. The van der Waals surface area contributed by atoms with Gasteiger partial charge in [0.05, 0.1) is 12.4 Å². The largest absolute Gasteiger partial charge is 0.480 e. The molecule has 3 amide bonds. The zero-order valence-corrected chi connectivity index (χ0v) is 18.5. The van der Waals surface area contributed by atoms with E-state index in [1.807, 2.05) is 20.8 Å². The van der Waals surface area contributed by atoms with Gasteiger partial charge >= 0.3 is 5.97 Å². The zero-order chi connectivity index (χ0) is 23.6. The van der Waals surface area contributed by atoms with E-state index in [0.29, 0.717) is 18.5 Å². The molecule has 7 N–H and O–H groups in total. The molecule has 0 saturated heterocycles. The second-order valence-corrected chi connectivity index (χ2v) is 7.74. The Hall–Kier alpha value is -2.95. The lowest BCUT2D eigenvalue weighted by Gasteiger charge is -2.27. The van der Waals surface area contributed by atoms with Crippen LogP contribution in [0.2, 0.25) is 0 Å². The summed E-state index contributed by atoms with van der Waals surface area (Å²) in [5, 5.41) is 16.4. The maximum atomic E-state index is 13.0. The molecule has 1 rings (SSSR count). The molecule has 1 heterocycles. The smallest absolute Gasteiger partial charge is 0.322 e. The third-order valence-corrected chi connectivity index (χ3v) is 5.38. The van der Waals surface area contributed by atoms with Gasteiger partial charge < -0.3 is 31.8 Å². The lowest BCUT2D eigenvalue weighted by Crippen LogP contribution is -2.58. The minimum absolute atomic E-state index is 0.0782. The molecule has 0 aromatic carbocycles. The number of rotatable bonds is 13. The van der Waals surface area contributed by atoms with Crippen molar-refractivity contribution in [2.45, 2.75) is 65.1 Å². The Morgan fingerprint density at radius 1 is 1.06 bits per heavy atom. The van der Waals surface area contributed by atoms with Gasteiger partial charge in [-0.2, -0.15) is 0 Å². The predicted octanol–water partition coefficient (Wildman–Crippen LogP) is -0.458. The first-order chi connectivity index (χ1) is 14.6. The van der Waals surface area contributed by atoms with Crippen LogP contribution in [-0.2, 0) is 25.6 Å². The van der Waals surface area contributed by atoms with Crippen molar-refractivity contribution in [2.24, 2.45) is 17.6 Å². The van der Waals surface area contributed by atoms with Gasteiger partial charge in [-0.25, -0.2) is 4.98 Å². The number of carbonyl (C=O) groups excluding carboxylic acids is 3. The van der Waals surface area contributed by atoms with Crippen molar-refractivity contribution in [1.29, 1.82) is 0 Å². The Kier molecular flexibility index (Phi) is 10.7. The minimum Gasteiger partial charge on any atom is -0.480 e. The quantitative estimate of drug-likeness (QED) is 0.241. The summed E-state index contributed by atoms with van der Waals surface area (Å²) < 4.78 is 0. The molecule has 0 aliphatic rings. The van der Waals surface area contributed by atoms with Gasteiger partial charge in [0.15, 0.2) is 0 Å². The second kappa shape index (κ2) is 12.7. The van der Waals surface area contributed by atoms with E-state index in [1.165, 1.54) is 12.5 Å². The molecule has 1 aromatic rings. The van der Waals surface area contributed by atoms with E-state index in [4.69, 9.17) is 10.8 Å². The second-order valence-electron chi connectivity index (χ2n) is 7.74. The molecule has 31 heavy (non-hydrogen) atoms. The average molecular weight is 439 g/mol. The molecule has 0 fully saturated rings. The Labute approximate surface area is 181 Å². The number of aliphatic carboxylic acids is 1. The molecule has 0 bridgehead atoms. The summed E-state index contributed by atoms with van der Waals surface area (Å²) in [6.07, 6.45) is 4.38. The minimum atomic E-state index is -1.19. The van der Waals surface area contributed by atoms with Crippen LogP contribution < -0.4 is 21.7 Å². The SMILES string of the molecule is CCC(C)C(N)C(=O)NC(Cc1cnc[nH]1)C(=O)NC(C(=O)NCC(=O)O)C(C)CC. The van der Waals surface area contributed by atoms with Gasteiger partial charge in [-0.05, 0) is 11.8 Å². The highest BCUT2D eigenvalue weighted by Gasteiger charge is 2.31. The van der Waals surface area contributed by atoms with E-state index >= 15 is 0 Å². The number of aromatic nitrogens is 2. The third-order valence-electron chi connectivity index (χ3n) is 5.38. The number of hydrogen-bond acceptors (Lipinski definition) is 6. The maximum Gasteiger partial charge on any atom is 0.322 e. The number of aromatic amines is 1. The van der Waals surface area contributed by atoms with Gasteiger partial charge in [0.1, 0.15) is 18.6 Å². The fourth-order valence-electron chi connectivity index (χ4n) is 2.83. The highest BCUT2D eigenvalue weighted by molar-refractivity contribution is 5.94. The van der Waals surface area contributed by atoms with Crippen LogP contribution in [0.15, 0.2) is 12.5 Å². The Morgan fingerprint density at radius 2 is 1.71 bits per heavy atom. The fourth-order valence-corrected chi connectivity index (χ4v) is 2.83. The number of nitrogens with one attached hydrogen (secondary N) is 4. The van der Waals surface area contributed by atoms with Gasteiger partial charge in [-0.3, -0.25) is 19.2 Å². The van der Waals surface area contributed by atoms with Crippen LogP contribution >= 0.6 is 0 Å². The highest BCUT2D eigenvalue weighted by Crippen LogP contribution is 2.10. The maximum absolute atomic E-state index is 13.0. The number of imidazole rings is 1. The molecular formula is C20H34N6O5. The van der Waals surface area contributed by atoms with E-state index in [9.17, 15) is 19.2 Å². The molecule has 5 unspecified atom stereocenters. The lowest BCUT2D eigenvalue weighted by atomic mass is 9.97. The molecule has 0 spiro atoms. The van der Waals surface area contributed by atoms with E-state index in [2.05, 4.69) is 25.9 Å². The molecule has 0 aliphatic heterocycles. The van der Waals surface area contributed by atoms with Gasteiger partial charge in [-0.1, -0.05) is 40.5 Å². The molecule has 11 heteroatoms. The van der Waals surface area contributed by atoms with E-state index < -0.39 is 48.4 Å². The summed E-state index contributed by atoms with van der Waals surface area (Å²) in [6.45, 7) is 6.83. The number of carbonyl (C=O) groups is 4. The summed E-state index contributed by atoms with van der Waals surface area (Å²) in [4.78, 5) is 55.7. The number of amides is 3. The van der Waals surface area contributed by atoms with Gasteiger partial charge in [0.25, 0.3) is 0 Å². The Morgan fingerprint density at radius 3 is 2.23 bits per heavy atom. The Balaban J connectivity index is 3.00. The number of hydrogen-bond donors (Lipinski definition) is 6. The number of carboxylic acids is 1. The molecule has 1 aromatic heterocycles. The summed E-state index contributed by atoms with van der Waals surface area (Å²) in [6, 6.07) is -2.74. The monoisotopic (exact) mass is 438 g/mol. The number of nitrogens with two attached hydrogens (primary N) is 1. The topological polar surface area (TPSA) is 179 Å². The van der Waals surface area contributed by atoms with Crippen LogP contribution in [0.3, 0.4) is 0 Å². The molecule has 0 radical (unpaired) electrons. The summed E-state index contributed by atoms with van der Waals surface area (Å²) in [7, 11) is 0.